The third kappa shape index (κ3) is 9.10. The van der Waals surface area contributed by atoms with Gasteiger partial charge in [0.15, 0.2) is 0 Å². The van der Waals surface area contributed by atoms with Crippen LogP contribution in [0.2, 0.25) is 0 Å². The van der Waals surface area contributed by atoms with Gasteiger partial charge in [0.1, 0.15) is 0 Å². The summed E-state index contributed by atoms with van der Waals surface area (Å²) in [5, 5.41) is 8.14. The van der Waals surface area contributed by atoms with Gasteiger partial charge in [0, 0.05) is 6.61 Å². The molecule has 0 aliphatic heterocycles. The predicted molar refractivity (Wildman–Crippen MR) is 24.4 cm³/mol. The first-order valence-corrected chi connectivity index (χ1v) is 1.88. The summed E-state index contributed by atoms with van der Waals surface area (Å²) < 4.78 is 0. The van der Waals surface area contributed by atoms with E-state index in [-0.39, 0.29) is 4.70 Å². The molecule has 40 valence electrons. The Morgan fingerprint density at radius 1 is 1.50 bits per heavy atom. The third-order valence-corrected chi connectivity index (χ3v) is 0.365. The molecule has 0 atom stereocenters. The Morgan fingerprint density at radius 2 is 1.67 bits per heavy atom. The molecule has 6 heavy (non-hydrogen) atoms. The van der Waals surface area contributed by atoms with E-state index in [1.807, 2.05) is 13.8 Å². The smallest absolute Gasteiger partial charge is 0.0453 e. The highest BCUT2D eigenvalue weighted by Crippen LogP contribution is 1.83. The molecule has 0 amide bonds. The maximum absolute atomic E-state index is 8.14. The minimum Gasteiger partial charge on any atom is -0.396 e. The Kier molecular flexibility index (Phi) is 7.59. The molecule has 0 rings (SSSR count). The van der Waals surface area contributed by atoms with E-state index in [2.05, 4.69) is 0 Å². The molecule has 0 radical (unpaired) electrons. The maximum atomic E-state index is 8.14. The monoisotopic (exact) mass is 94.1 g/mol. The van der Waals surface area contributed by atoms with Crippen molar-refractivity contribution in [2.24, 2.45) is 5.92 Å². The van der Waals surface area contributed by atoms with Gasteiger partial charge < -0.3 is 5.11 Å². The van der Waals surface area contributed by atoms with Crippen LogP contribution in [0.4, 0.5) is 4.70 Å². The van der Waals surface area contributed by atoms with Gasteiger partial charge in [-0.3, -0.25) is 4.70 Å². The SMILES string of the molecule is CC(C)CO.F. The molecule has 0 aromatic heterocycles. The van der Waals surface area contributed by atoms with E-state index < -0.39 is 0 Å². The van der Waals surface area contributed by atoms with Crippen LogP contribution in [-0.2, 0) is 0 Å². The largest absolute Gasteiger partial charge is 0.396 e. The van der Waals surface area contributed by atoms with Crippen molar-refractivity contribution < 1.29 is 9.81 Å². The first kappa shape index (κ1) is 9.31. The standard InChI is InChI=1S/C4H10O.FH/c1-4(2)3-5;/h4-5H,3H2,1-2H3;1H. The Labute approximate surface area is 37.4 Å². The van der Waals surface area contributed by atoms with Crippen LogP contribution in [-0.4, -0.2) is 11.7 Å². The second-order valence-electron chi connectivity index (χ2n) is 1.58. The zero-order valence-corrected chi connectivity index (χ0v) is 4.14. The molecule has 1 N–H and O–H groups in total. The lowest BCUT2D eigenvalue weighted by Crippen LogP contribution is -1.90. The summed E-state index contributed by atoms with van der Waals surface area (Å²) in [6.07, 6.45) is 0. The van der Waals surface area contributed by atoms with Crippen molar-refractivity contribution in [3.63, 3.8) is 0 Å². The average molecular weight is 94.1 g/mol. The van der Waals surface area contributed by atoms with Crippen molar-refractivity contribution in [1.82, 2.24) is 0 Å². The van der Waals surface area contributed by atoms with Gasteiger partial charge in [0.25, 0.3) is 0 Å². The summed E-state index contributed by atoms with van der Waals surface area (Å²) in [7, 11) is 0. The van der Waals surface area contributed by atoms with E-state index in [9.17, 15) is 0 Å². The number of halogens is 1. The highest BCUT2D eigenvalue weighted by atomic mass is 19.0. The van der Waals surface area contributed by atoms with Gasteiger partial charge in [-0.05, 0) is 5.92 Å². The molecular weight excluding hydrogens is 83.0 g/mol. The summed E-state index contributed by atoms with van der Waals surface area (Å²) in [4.78, 5) is 0. The van der Waals surface area contributed by atoms with E-state index in [0.717, 1.165) is 0 Å². The number of aliphatic hydroxyl groups is 1. The molecule has 0 aromatic rings. The summed E-state index contributed by atoms with van der Waals surface area (Å²) in [5.41, 5.74) is 0. The minimum absolute atomic E-state index is 0. The zero-order valence-electron chi connectivity index (χ0n) is 4.14. The van der Waals surface area contributed by atoms with Crippen molar-refractivity contribution in [2.45, 2.75) is 13.8 Å². The lowest BCUT2D eigenvalue weighted by molar-refractivity contribution is 0.248. The molecule has 0 fully saturated rings. The summed E-state index contributed by atoms with van der Waals surface area (Å²) >= 11 is 0. The van der Waals surface area contributed by atoms with Crippen molar-refractivity contribution in [3.05, 3.63) is 0 Å². The highest BCUT2D eigenvalue weighted by molar-refractivity contribution is 4.32. The van der Waals surface area contributed by atoms with E-state index in [4.69, 9.17) is 5.11 Å². The van der Waals surface area contributed by atoms with Crippen LogP contribution in [0.25, 0.3) is 0 Å². The molecule has 0 spiro atoms. The summed E-state index contributed by atoms with van der Waals surface area (Å²) in [5.74, 6) is 0.440. The molecule has 0 unspecified atom stereocenters. The van der Waals surface area contributed by atoms with E-state index in [1.165, 1.54) is 0 Å². The second-order valence-corrected chi connectivity index (χ2v) is 1.58. The molecule has 0 saturated carbocycles. The fourth-order valence-corrected chi connectivity index (χ4v) is 0. The van der Waals surface area contributed by atoms with Crippen molar-refractivity contribution >= 4 is 0 Å². The Hall–Kier alpha value is -0.110. The van der Waals surface area contributed by atoms with E-state index in [1.54, 1.807) is 0 Å². The van der Waals surface area contributed by atoms with Crippen LogP contribution < -0.4 is 0 Å². The summed E-state index contributed by atoms with van der Waals surface area (Å²) in [6.45, 7) is 4.25. The molecule has 0 aliphatic carbocycles. The van der Waals surface area contributed by atoms with Crippen LogP contribution in [0.3, 0.4) is 0 Å². The van der Waals surface area contributed by atoms with E-state index >= 15 is 0 Å². The molecule has 0 aliphatic rings. The molecule has 0 heterocycles. The normalized spacial score (nSPS) is 8.00. The van der Waals surface area contributed by atoms with Crippen LogP contribution in [0, 0.1) is 5.92 Å². The Morgan fingerprint density at radius 3 is 1.67 bits per heavy atom. The molecule has 1 nitrogen and oxygen atoms in total. The molecule has 2 heteroatoms. The lowest BCUT2D eigenvalue weighted by Gasteiger charge is -1.90. The number of hydrogen-bond acceptors (Lipinski definition) is 1. The Bertz CT molecular complexity index is 21.5. The first-order chi connectivity index (χ1) is 2.27. The molecule has 0 aromatic carbocycles. The van der Waals surface area contributed by atoms with Crippen molar-refractivity contribution in [2.75, 3.05) is 6.61 Å². The van der Waals surface area contributed by atoms with Crippen molar-refractivity contribution in [1.29, 1.82) is 0 Å². The fraction of sp³-hybridized carbons (Fsp3) is 1.00. The van der Waals surface area contributed by atoms with Gasteiger partial charge >= 0.3 is 0 Å². The maximum Gasteiger partial charge on any atom is 0.0453 e. The number of aliphatic hydroxyl groups excluding tert-OH is 1. The lowest BCUT2D eigenvalue weighted by atomic mass is 10.2. The summed E-state index contributed by atoms with van der Waals surface area (Å²) in [6, 6.07) is 0. The third-order valence-electron chi connectivity index (χ3n) is 0.365. The minimum atomic E-state index is 0. The van der Waals surface area contributed by atoms with Gasteiger partial charge in [-0.2, -0.15) is 0 Å². The number of rotatable bonds is 1. The van der Waals surface area contributed by atoms with Gasteiger partial charge in [-0.1, -0.05) is 13.8 Å². The number of hydrogen-bond donors (Lipinski definition) is 1. The Balaban J connectivity index is 0. The molecule has 0 saturated heterocycles. The second kappa shape index (κ2) is 4.89. The van der Waals surface area contributed by atoms with Crippen LogP contribution in [0.1, 0.15) is 13.8 Å². The predicted octanol–water partition coefficient (Wildman–Crippen LogP) is 0.787. The fourth-order valence-electron chi connectivity index (χ4n) is 0. The van der Waals surface area contributed by atoms with Crippen LogP contribution in [0.15, 0.2) is 0 Å². The van der Waals surface area contributed by atoms with E-state index in [0.29, 0.717) is 12.5 Å². The van der Waals surface area contributed by atoms with Gasteiger partial charge in [-0.15, -0.1) is 0 Å². The molecule has 0 bridgehead atoms. The van der Waals surface area contributed by atoms with Gasteiger partial charge in [-0.25, -0.2) is 0 Å². The quantitative estimate of drug-likeness (QED) is 0.509. The first-order valence-electron chi connectivity index (χ1n) is 1.88. The zero-order chi connectivity index (χ0) is 4.28. The topological polar surface area (TPSA) is 20.2 Å². The highest BCUT2D eigenvalue weighted by Gasteiger charge is 1.81. The van der Waals surface area contributed by atoms with Gasteiger partial charge in [0.2, 0.25) is 0 Å². The van der Waals surface area contributed by atoms with Gasteiger partial charge in [0.05, 0.1) is 0 Å². The average Bonchev–Trinajstić information content (AvgIpc) is 1.38. The van der Waals surface area contributed by atoms with Crippen molar-refractivity contribution in [3.8, 4) is 0 Å². The molecular formula is C4H11FO. The van der Waals surface area contributed by atoms with Crippen LogP contribution in [0.5, 0.6) is 0 Å². The van der Waals surface area contributed by atoms with Crippen LogP contribution >= 0.6 is 0 Å².